The average molecular weight is 226 g/mol. The standard InChI is InChI=1S/C12H19FN2O/c1-2-15(7-8-16)12(9-14)10-5-3-4-6-11(10)13/h3-6,12,16H,2,7-9,14H2,1H3. The number of hydrogen-bond acceptors (Lipinski definition) is 3. The lowest BCUT2D eigenvalue weighted by Gasteiger charge is -2.29. The van der Waals surface area contributed by atoms with Crippen LogP contribution in [-0.2, 0) is 0 Å². The second-order valence-corrected chi connectivity index (χ2v) is 3.63. The van der Waals surface area contributed by atoms with E-state index < -0.39 is 0 Å². The minimum atomic E-state index is -0.241. The quantitative estimate of drug-likeness (QED) is 0.764. The predicted molar refractivity (Wildman–Crippen MR) is 62.5 cm³/mol. The summed E-state index contributed by atoms with van der Waals surface area (Å²) in [4.78, 5) is 1.97. The molecule has 0 radical (unpaired) electrons. The number of benzene rings is 1. The van der Waals surface area contributed by atoms with E-state index in [2.05, 4.69) is 0 Å². The summed E-state index contributed by atoms with van der Waals surface area (Å²) in [5, 5.41) is 8.95. The first-order valence-corrected chi connectivity index (χ1v) is 5.54. The third kappa shape index (κ3) is 3.01. The Kier molecular flexibility index (Phi) is 5.38. The van der Waals surface area contributed by atoms with Gasteiger partial charge >= 0.3 is 0 Å². The van der Waals surface area contributed by atoms with Crippen LogP contribution in [0, 0.1) is 5.82 Å². The van der Waals surface area contributed by atoms with Gasteiger partial charge in [0.1, 0.15) is 5.82 Å². The van der Waals surface area contributed by atoms with E-state index in [0.717, 1.165) is 6.54 Å². The predicted octanol–water partition coefficient (Wildman–Crippen LogP) is 1.14. The molecule has 1 rings (SSSR count). The van der Waals surface area contributed by atoms with Gasteiger partial charge in [0.2, 0.25) is 0 Å². The van der Waals surface area contributed by atoms with Gasteiger partial charge in [-0.1, -0.05) is 25.1 Å². The number of rotatable bonds is 6. The van der Waals surface area contributed by atoms with E-state index in [4.69, 9.17) is 10.8 Å². The van der Waals surface area contributed by atoms with Crippen LogP contribution in [-0.4, -0.2) is 36.2 Å². The molecule has 1 unspecified atom stereocenters. The van der Waals surface area contributed by atoms with E-state index in [9.17, 15) is 4.39 Å². The summed E-state index contributed by atoms with van der Waals surface area (Å²) >= 11 is 0. The van der Waals surface area contributed by atoms with E-state index in [1.165, 1.54) is 6.07 Å². The maximum absolute atomic E-state index is 13.6. The second-order valence-electron chi connectivity index (χ2n) is 3.63. The monoisotopic (exact) mass is 226 g/mol. The summed E-state index contributed by atoms with van der Waals surface area (Å²) in [6.07, 6.45) is 0. The van der Waals surface area contributed by atoms with E-state index >= 15 is 0 Å². The third-order valence-electron chi connectivity index (χ3n) is 2.72. The smallest absolute Gasteiger partial charge is 0.128 e. The van der Waals surface area contributed by atoms with Crippen LogP contribution in [0.2, 0.25) is 0 Å². The Morgan fingerprint density at radius 1 is 1.44 bits per heavy atom. The number of halogens is 1. The summed E-state index contributed by atoms with van der Waals surface area (Å²) in [5.41, 5.74) is 6.29. The van der Waals surface area contributed by atoms with Crippen molar-refractivity contribution in [2.75, 3.05) is 26.2 Å². The van der Waals surface area contributed by atoms with Crippen molar-refractivity contribution in [3.05, 3.63) is 35.6 Å². The van der Waals surface area contributed by atoms with Crippen molar-refractivity contribution in [1.29, 1.82) is 0 Å². The number of aliphatic hydroxyl groups excluding tert-OH is 1. The van der Waals surface area contributed by atoms with Crippen molar-refractivity contribution in [3.8, 4) is 0 Å². The van der Waals surface area contributed by atoms with Crippen LogP contribution in [0.15, 0.2) is 24.3 Å². The van der Waals surface area contributed by atoms with Gasteiger partial charge in [0, 0.05) is 24.7 Å². The molecule has 4 heteroatoms. The maximum atomic E-state index is 13.6. The van der Waals surface area contributed by atoms with Gasteiger partial charge in [-0.05, 0) is 12.6 Å². The van der Waals surface area contributed by atoms with Gasteiger partial charge in [0.05, 0.1) is 6.61 Å². The highest BCUT2D eigenvalue weighted by Gasteiger charge is 2.19. The fourth-order valence-electron chi connectivity index (χ4n) is 1.88. The first kappa shape index (κ1) is 13.1. The number of nitrogens with two attached hydrogens (primary N) is 1. The van der Waals surface area contributed by atoms with Gasteiger partial charge in [0.15, 0.2) is 0 Å². The third-order valence-corrected chi connectivity index (χ3v) is 2.72. The molecule has 0 bridgehead atoms. The molecule has 0 spiro atoms. The molecule has 1 atom stereocenters. The highest BCUT2D eigenvalue weighted by molar-refractivity contribution is 5.21. The van der Waals surface area contributed by atoms with Crippen molar-refractivity contribution in [3.63, 3.8) is 0 Å². The summed E-state index contributed by atoms with van der Waals surface area (Å²) in [6, 6.07) is 6.47. The Morgan fingerprint density at radius 3 is 2.62 bits per heavy atom. The Labute approximate surface area is 95.7 Å². The molecule has 0 aliphatic rings. The number of hydrogen-bond donors (Lipinski definition) is 2. The zero-order chi connectivity index (χ0) is 12.0. The van der Waals surface area contributed by atoms with Gasteiger partial charge in [-0.15, -0.1) is 0 Å². The molecule has 1 aromatic carbocycles. The normalized spacial score (nSPS) is 13.1. The number of aliphatic hydroxyl groups is 1. The fourth-order valence-corrected chi connectivity index (χ4v) is 1.88. The highest BCUT2D eigenvalue weighted by atomic mass is 19.1. The number of nitrogens with zero attached hydrogens (tertiary/aromatic N) is 1. The van der Waals surface area contributed by atoms with Crippen molar-refractivity contribution in [2.45, 2.75) is 13.0 Å². The van der Waals surface area contributed by atoms with Gasteiger partial charge in [-0.3, -0.25) is 4.90 Å². The zero-order valence-electron chi connectivity index (χ0n) is 9.56. The summed E-state index contributed by atoms with van der Waals surface area (Å²) in [6.45, 7) is 3.61. The van der Waals surface area contributed by atoms with Crippen molar-refractivity contribution in [1.82, 2.24) is 4.90 Å². The number of likely N-dealkylation sites (N-methyl/N-ethyl adjacent to an activating group) is 1. The zero-order valence-corrected chi connectivity index (χ0v) is 9.56. The molecular weight excluding hydrogens is 207 g/mol. The van der Waals surface area contributed by atoms with Crippen LogP contribution >= 0.6 is 0 Å². The van der Waals surface area contributed by atoms with Crippen LogP contribution in [0.25, 0.3) is 0 Å². The topological polar surface area (TPSA) is 49.5 Å². The first-order valence-electron chi connectivity index (χ1n) is 5.54. The van der Waals surface area contributed by atoms with Gasteiger partial charge < -0.3 is 10.8 Å². The molecule has 1 aromatic rings. The molecule has 3 nitrogen and oxygen atoms in total. The van der Waals surface area contributed by atoms with Crippen LogP contribution in [0.3, 0.4) is 0 Å². The molecule has 0 aromatic heterocycles. The lowest BCUT2D eigenvalue weighted by atomic mass is 10.0. The molecule has 0 amide bonds. The lowest BCUT2D eigenvalue weighted by molar-refractivity contribution is 0.158. The van der Waals surface area contributed by atoms with Crippen molar-refractivity contribution in [2.24, 2.45) is 5.73 Å². The molecule has 0 fully saturated rings. The fraction of sp³-hybridized carbons (Fsp3) is 0.500. The molecule has 16 heavy (non-hydrogen) atoms. The first-order chi connectivity index (χ1) is 7.74. The van der Waals surface area contributed by atoms with Gasteiger partial charge in [-0.25, -0.2) is 4.39 Å². The van der Waals surface area contributed by atoms with Crippen molar-refractivity contribution < 1.29 is 9.50 Å². The molecule has 0 saturated heterocycles. The van der Waals surface area contributed by atoms with E-state index in [1.807, 2.05) is 11.8 Å². The Bertz CT molecular complexity index is 320. The SMILES string of the molecule is CCN(CCO)C(CN)c1ccccc1F. The molecule has 0 aliphatic heterocycles. The maximum Gasteiger partial charge on any atom is 0.128 e. The Balaban J connectivity index is 2.92. The van der Waals surface area contributed by atoms with Crippen molar-refractivity contribution >= 4 is 0 Å². The Morgan fingerprint density at radius 2 is 2.12 bits per heavy atom. The van der Waals surface area contributed by atoms with Crippen LogP contribution < -0.4 is 5.73 Å². The highest BCUT2D eigenvalue weighted by Crippen LogP contribution is 2.21. The van der Waals surface area contributed by atoms with E-state index in [0.29, 0.717) is 18.7 Å². The molecule has 0 saturated carbocycles. The molecule has 0 aliphatic carbocycles. The minimum absolute atomic E-state index is 0.0544. The largest absolute Gasteiger partial charge is 0.395 e. The van der Waals surface area contributed by atoms with Gasteiger partial charge in [-0.2, -0.15) is 0 Å². The second kappa shape index (κ2) is 6.58. The summed E-state index contributed by atoms with van der Waals surface area (Å²) < 4.78 is 13.6. The van der Waals surface area contributed by atoms with E-state index in [-0.39, 0.29) is 18.5 Å². The minimum Gasteiger partial charge on any atom is -0.395 e. The van der Waals surface area contributed by atoms with Crippen LogP contribution in [0.1, 0.15) is 18.5 Å². The van der Waals surface area contributed by atoms with E-state index in [1.54, 1.807) is 18.2 Å². The lowest BCUT2D eigenvalue weighted by Crippen LogP contribution is -2.36. The van der Waals surface area contributed by atoms with Gasteiger partial charge in [0.25, 0.3) is 0 Å². The summed E-state index contributed by atoms with van der Waals surface area (Å²) in [7, 11) is 0. The van der Waals surface area contributed by atoms with Crippen LogP contribution in [0.5, 0.6) is 0 Å². The molecule has 3 N–H and O–H groups in total. The van der Waals surface area contributed by atoms with Crippen LogP contribution in [0.4, 0.5) is 4.39 Å². The summed E-state index contributed by atoms with van der Waals surface area (Å²) in [5.74, 6) is -0.241. The molecule has 0 heterocycles. The average Bonchev–Trinajstić information content (AvgIpc) is 2.31. The molecule has 90 valence electrons. The molecular formula is C12H19FN2O. The Hall–Kier alpha value is -0.970.